The first-order valence-electron chi connectivity index (χ1n) is 10.4. The van der Waals surface area contributed by atoms with E-state index in [1.807, 2.05) is 24.3 Å². The highest BCUT2D eigenvalue weighted by Gasteiger charge is 2.15. The van der Waals surface area contributed by atoms with Gasteiger partial charge in [-0.25, -0.2) is 13.1 Å². The van der Waals surface area contributed by atoms with Gasteiger partial charge in [0.15, 0.2) is 5.96 Å². The van der Waals surface area contributed by atoms with E-state index in [2.05, 4.69) is 27.3 Å². The minimum atomic E-state index is -3.24. The smallest absolute Gasteiger partial charge is 0.215 e. The fourth-order valence-electron chi connectivity index (χ4n) is 3.69. The number of hydrogen-bond donors (Lipinski definition) is 3. The molecule has 0 radical (unpaired) electrons. The van der Waals surface area contributed by atoms with Gasteiger partial charge in [-0.1, -0.05) is 56.4 Å². The molecule has 0 bridgehead atoms. The molecule has 3 N–H and O–H groups in total. The molecule has 1 fully saturated rings. The van der Waals surface area contributed by atoms with Crippen LogP contribution in [0.4, 0.5) is 0 Å². The van der Waals surface area contributed by atoms with E-state index in [0.29, 0.717) is 12.6 Å². The summed E-state index contributed by atoms with van der Waals surface area (Å²) in [6.45, 7) is 2.86. The molecule has 0 heterocycles. The molecule has 1 unspecified atom stereocenters. The van der Waals surface area contributed by atoms with Gasteiger partial charge in [-0.15, -0.1) is 24.0 Å². The lowest BCUT2D eigenvalue weighted by atomic mass is 9.85. The predicted octanol–water partition coefficient (Wildman–Crippen LogP) is 3.77. The number of hydrogen-bond acceptors (Lipinski definition) is 3. The molecule has 0 spiro atoms. The third kappa shape index (κ3) is 10.1. The van der Waals surface area contributed by atoms with Crippen LogP contribution in [0.3, 0.4) is 0 Å². The molecular formula is C21H37IN4O2S. The molecule has 1 aliphatic rings. The molecule has 1 aliphatic carbocycles. The summed E-state index contributed by atoms with van der Waals surface area (Å²) < 4.78 is 25.6. The summed E-state index contributed by atoms with van der Waals surface area (Å²) in [5.41, 5.74) is 1.86. The molecule has 166 valence electrons. The quantitative estimate of drug-likeness (QED) is 0.255. The number of sulfonamides is 1. The molecule has 0 amide bonds. The van der Waals surface area contributed by atoms with Crippen LogP contribution >= 0.6 is 24.0 Å². The Morgan fingerprint density at radius 3 is 2.34 bits per heavy atom. The molecule has 1 saturated carbocycles. The Bertz CT molecular complexity index is 717. The molecule has 0 aliphatic heterocycles. The number of rotatable bonds is 9. The molecule has 29 heavy (non-hydrogen) atoms. The van der Waals surface area contributed by atoms with Gasteiger partial charge in [-0.05, 0) is 43.9 Å². The van der Waals surface area contributed by atoms with Crippen molar-refractivity contribution in [3.8, 4) is 0 Å². The zero-order valence-electron chi connectivity index (χ0n) is 17.9. The van der Waals surface area contributed by atoms with Crippen molar-refractivity contribution in [3.05, 3.63) is 35.4 Å². The van der Waals surface area contributed by atoms with Crippen LogP contribution < -0.4 is 15.4 Å². The average Bonchev–Trinajstić information content (AvgIpc) is 2.71. The van der Waals surface area contributed by atoms with Crippen molar-refractivity contribution in [1.29, 1.82) is 0 Å². The molecule has 8 heteroatoms. The van der Waals surface area contributed by atoms with Gasteiger partial charge in [0.05, 0.1) is 5.75 Å². The Labute approximate surface area is 193 Å². The summed E-state index contributed by atoms with van der Waals surface area (Å²) in [7, 11) is -0.0176. The van der Waals surface area contributed by atoms with E-state index in [4.69, 9.17) is 0 Å². The summed E-state index contributed by atoms with van der Waals surface area (Å²) in [6.07, 6.45) is 9.46. The van der Waals surface area contributed by atoms with Gasteiger partial charge in [-0.3, -0.25) is 4.99 Å². The highest BCUT2D eigenvalue weighted by Crippen LogP contribution is 2.27. The van der Waals surface area contributed by atoms with Crippen LogP contribution in [0.1, 0.15) is 63.0 Å². The summed E-state index contributed by atoms with van der Waals surface area (Å²) in [6, 6.07) is 8.01. The minimum absolute atomic E-state index is 0. The van der Waals surface area contributed by atoms with Gasteiger partial charge in [0.2, 0.25) is 10.0 Å². The van der Waals surface area contributed by atoms with Crippen LogP contribution in [0.15, 0.2) is 29.3 Å². The number of benzene rings is 1. The molecular weight excluding hydrogens is 499 g/mol. The van der Waals surface area contributed by atoms with Gasteiger partial charge in [0.1, 0.15) is 0 Å². The van der Waals surface area contributed by atoms with Crippen molar-refractivity contribution in [2.75, 3.05) is 14.1 Å². The van der Waals surface area contributed by atoms with Crippen LogP contribution in [0.25, 0.3) is 0 Å². The first-order valence-corrected chi connectivity index (χ1v) is 12.0. The SMILES string of the molecule is CN=C(NCc1ccc(CS(=O)(=O)NC)cc1)NC(C)CCC1CCCCC1.I. The highest BCUT2D eigenvalue weighted by atomic mass is 127. The molecule has 2 rings (SSSR count). The van der Waals surface area contributed by atoms with E-state index in [1.54, 1.807) is 7.05 Å². The third-order valence-electron chi connectivity index (χ3n) is 5.49. The summed E-state index contributed by atoms with van der Waals surface area (Å²) in [5.74, 6) is 1.70. The Balaban J connectivity index is 0.00000420. The fraction of sp³-hybridized carbons (Fsp3) is 0.667. The zero-order chi connectivity index (χ0) is 20.4. The Hall–Kier alpha value is -0.870. The maximum atomic E-state index is 11.6. The lowest BCUT2D eigenvalue weighted by Gasteiger charge is -2.24. The average molecular weight is 537 g/mol. The second-order valence-corrected chi connectivity index (χ2v) is 9.76. The van der Waals surface area contributed by atoms with E-state index in [0.717, 1.165) is 23.0 Å². The molecule has 1 atom stereocenters. The maximum absolute atomic E-state index is 11.6. The third-order valence-corrected chi connectivity index (χ3v) is 6.83. The molecule has 0 saturated heterocycles. The van der Waals surface area contributed by atoms with Gasteiger partial charge >= 0.3 is 0 Å². The van der Waals surface area contributed by atoms with Crippen molar-refractivity contribution in [3.63, 3.8) is 0 Å². The fourth-order valence-corrected chi connectivity index (χ4v) is 4.47. The lowest BCUT2D eigenvalue weighted by Crippen LogP contribution is -2.42. The zero-order valence-corrected chi connectivity index (χ0v) is 21.1. The topological polar surface area (TPSA) is 82.6 Å². The summed E-state index contributed by atoms with van der Waals surface area (Å²) in [4.78, 5) is 4.32. The monoisotopic (exact) mass is 536 g/mol. The number of aliphatic imine (C=N–C) groups is 1. The second-order valence-electron chi connectivity index (χ2n) is 7.83. The first-order chi connectivity index (χ1) is 13.4. The van der Waals surface area contributed by atoms with Crippen molar-refractivity contribution < 1.29 is 8.42 Å². The normalized spacial score (nSPS) is 16.7. The predicted molar refractivity (Wildman–Crippen MR) is 132 cm³/mol. The van der Waals surface area contributed by atoms with E-state index >= 15 is 0 Å². The Morgan fingerprint density at radius 2 is 1.76 bits per heavy atom. The number of halogens is 1. The number of nitrogens with zero attached hydrogens (tertiary/aromatic N) is 1. The van der Waals surface area contributed by atoms with Crippen LogP contribution in [0.2, 0.25) is 0 Å². The van der Waals surface area contributed by atoms with Crippen LogP contribution in [-0.2, 0) is 22.3 Å². The van der Waals surface area contributed by atoms with Crippen LogP contribution in [-0.4, -0.2) is 34.5 Å². The standard InChI is InChI=1S/C21H36N4O2S.HI/c1-17(9-10-18-7-5-4-6-8-18)25-21(22-2)24-15-19-11-13-20(14-12-19)16-28(26,27)23-3;/h11-14,17-18,23H,4-10,15-16H2,1-3H3,(H2,22,24,25);1H. The lowest BCUT2D eigenvalue weighted by molar-refractivity contribution is 0.322. The largest absolute Gasteiger partial charge is 0.354 e. The highest BCUT2D eigenvalue weighted by molar-refractivity contribution is 14.0. The van der Waals surface area contributed by atoms with Crippen LogP contribution in [0, 0.1) is 5.92 Å². The van der Waals surface area contributed by atoms with Crippen molar-refractivity contribution in [2.24, 2.45) is 10.9 Å². The number of nitrogens with one attached hydrogen (secondary N) is 3. The van der Waals surface area contributed by atoms with E-state index in [9.17, 15) is 8.42 Å². The Kier molecular flexibility index (Phi) is 12.1. The van der Waals surface area contributed by atoms with Crippen LogP contribution in [0.5, 0.6) is 0 Å². The van der Waals surface area contributed by atoms with E-state index in [1.165, 1.54) is 52.0 Å². The minimum Gasteiger partial charge on any atom is -0.354 e. The van der Waals surface area contributed by atoms with E-state index in [-0.39, 0.29) is 29.7 Å². The van der Waals surface area contributed by atoms with Crippen molar-refractivity contribution in [1.82, 2.24) is 15.4 Å². The Morgan fingerprint density at radius 1 is 1.14 bits per heavy atom. The molecule has 1 aromatic carbocycles. The van der Waals surface area contributed by atoms with Gasteiger partial charge < -0.3 is 10.6 Å². The van der Waals surface area contributed by atoms with Gasteiger partial charge in [0.25, 0.3) is 0 Å². The summed E-state index contributed by atoms with van der Waals surface area (Å²) >= 11 is 0. The molecule has 0 aromatic heterocycles. The molecule has 6 nitrogen and oxygen atoms in total. The maximum Gasteiger partial charge on any atom is 0.215 e. The van der Waals surface area contributed by atoms with Gasteiger partial charge in [-0.2, -0.15) is 0 Å². The first kappa shape index (κ1) is 26.2. The second kappa shape index (κ2) is 13.4. The van der Waals surface area contributed by atoms with Crippen molar-refractivity contribution in [2.45, 2.75) is 70.2 Å². The van der Waals surface area contributed by atoms with Gasteiger partial charge in [0, 0.05) is 19.6 Å². The molecule has 1 aromatic rings. The van der Waals surface area contributed by atoms with E-state index < -0.39 is 10.0 Å². The van der Waals surface area contributed by atoms with Crippen molar-refractivity contribution >= 4 is 40.0 Å². The summed E-state index contributed by atoms with van der Waals surface area (Å²) in [5, 5.41) is 6.82. The number of guanidine groups is 1.